The Labute approximate surface area is 135 Å². The highest BCUT2D eigenvalue weighted by atomic mass is 19.4. The smallest absolute Gasteiger partial charge is 0.383 e. The number of aliphatic hydroxyl groups is 1. The molecule has 1 aromatic rings. The summed E-state index contributed by atoms with van der Waals surface area (Å²) < 4.78 is 38.0. The summed E-state index contributed by atoms with van der Waals surface area (Å²) in [5.74, 6) is -0.660. The van der Waals surface area contributed by atoms with Gasteiger partial charge in [0.2, 0.25) is 0 Å². The number of piperidine rings is 1. The molecule has 1 fully saturated rings. The third-order valence-electron chi connectivity index (χ3n) is 5.38. The van der Waals surface area contributed by atoms with Crippen molar-refractivity contribution in [3.63, 3.8) is 0 Å². The van der Waals surface area contributed by atoms with E-state index in [0.29, 0.717) is 32.0 Å². The number of rotatable bonds is 2. The molecule has 0 amide bonds. The quantitative estimate of drug-likeness (QED) is 0.827. The van der Waals surface area contributed by atoms with Crippen LogP contribution in [0.3, 0.4) is 0 Å². The molecule has 0 spiro atoms. The molecular weight excluding hydrogens is 303 g/mol. The van der Waals surface area contributed by atoms with Crippen molar-refractivity contribution in [2.75, 3.05) is 13.1 Å². The van der Waals surface area contributed by atoms with Crippen LogP contribution in [0.4, 0.5) is 13.2 Å². The van der Waals surface area contributed by atoms with Crippen LogP contribution >= 0.6 is 0 Å². The van der Waals surface area contributed by atoms with Crippen molar-refractivity contribution in [3.05, 3.63) is 35.4 Å². The van der Waals surface area contributed by atoms with Crippen LogP contribution in [0.25, 0.3) is 0 Å². The number of likely N-dealkylation sites (tertiary alicyclic amines) is 1. The molecule has 1 aliphatic carbocycles. The van der Waals surface area contributed by atoms with Crippen LogP contribution in [0.1, 0.15) is 49.3 Å². The third-order valence-corrected chi connectivity index (χ3v) is 5.38. The van der Waals surface area contributed by atoms with Gasteiger partial charge in [0.15, 0.2) is 6.10 Å². The molecule has 0 bridgehead atoms. The van der Waals surface area contributed by atoms with Gasteiger partial charge in [-0.1, -0.05) is 30.7 Å². The van der Waals surface area contributed by atoms with Gasteiger partial charge in [-0.2, -0.15) is 13.2 Å². The summed E-state index contributed by atoms with van der Waals surface area (Å²) in [6, 6.07) is 8.78. The molecule has 2 atom stereocenters. The third kappa shape index (κ3) is 3.72. The summed E-state index contributed by atoms with van der Waals surface area (Å²) in [6.45, 7) is 1.27. The van der Waals surface area contributed by atoms with Crippen molar-refractivity contribution in [1.82, 2.24) is 4.90 Å². The van der Waals surface area contributed by atoms with Crippen LogP contribution in [0, 0.1) is 5.92 Å². The van der Waals surface area contributed by atoms with E-state index in [1.807, 2.05) is 0 Å². The number of aryl methyl sites for hydroxylation is 1. The highest BCUT2D eigenvalue weighted by molar-refractivity contribution is 5.31. The van der Waals surface area contributed by atoms with Gasteiger partial charge >= 0.3 is 6.18 Å². The number of aliphatic hydroxyl groups excluding tert-OH is 1. The lowest BCUT2D eigenvalue weighted by atomic mass is 9.88. The Kier molecular flexibility index (Phi) is 4.97. The van der Waals surface area contributed by atoms with E-state index in [2.05, 4.69) is 29.2 Å². The molecule has 0 radical (unpaired) electrons. The molecule has 23 heavy (non-hydrogen) atoms. The van der Waals surface area contributed by atoms with Gasteiger partial charge in [0.05, 0.1) is 0 Å². The fourth-order valence-corrected chi connectivity index (χ4v) is 4.09. The molecule has 1 aromatic carbocycles. The van der Waals surface area contributed by atoms with E-state index in [9.17, 15) is 18.3 Å². The Morgan fingerprint density at radius 2 is 1.74 bits per heavy atom. The maximum atomic E-state index is 12.7. The van der Waals surface area contributed by atoms with Gasteiger partial charge in [-0.15, -0.1) is 0 Å². The van der Waals surface area contributed by atoms with E-state index in [-0.39, 0.29) is 0 Å². The van der Waals surface area contributed by atoms with E-state index >= 15 is 0 Å². The molecule has 128 valence electrons. The van der Waals surface area contributed by atoms with Gasteiger partial charge in [0.1, 0.15) is 0 Å². The Morgan fingerprint density at radius 3 is 2.43 bits per heavy atom. The zero-order valence-electron chi connectivity index (χ0n) is 13.2. The number of benzene rings is 1. The number of fused-ring (bicyclic) bond motifs is 1. The summed E-state index contributed by atoms with van der Waals surface area (Å²) in [7, 11) is 0. The zero-order chi connectivity index (χ0) is 16.4. The van der Waals surface area contributed by atoms with Crippen molar-refractivity contribution < 1.29 is 18.3 Å². The Bertz CT molecular complexity index is 523. The lowest BCUT2D eigenvalue weighted by Gasteiger charge is -2.39. The summed E-state index contributed by atoms with van der Waals surface area (Å²) in [5, 5.41) is 9.47. The highest BCUT2D eigenvalue weighted by Crippen LogP contribution is 2.37. The molecular formula is C18H24F3NO. The molecule has 2 aliphatic rings. The van der Waals surface area contributed by atoms with Crippen molar-refractivity contribution >= 4 is 0 Å². The lowest BCUT2D eigenvalue weighted by molar-refractivity contribution is -0.223. The first kappa shape index (κ1) is 16.8. The number of halogens is 3. The first-order valence-electron chi connectivity index (χ1n) is 8.53. The number of alkyl halides is 3. The number of hydrogen-bond donors (Lipinski definition) is 1. The van der Waals surface area contributed by atoms with Crippen molar-refractivity contribution in [2.24, 2.45) is 5.92 Å². The largest absolute Gasteiger partial charge is 0.414 e. The summed E-state index contributed by atoms with van der Waals surface area (Å²) in [5.41, 5.74) is 2.73. The van der Waals surface area contributed by atoms with Gasteiger partial charge in [0.25, 0.3) is 0 Å². The summed E-state index contributed by atoms with van der Waals surface area (Å²) in [6.07, 6.45) is -1.34. The second-order valence-electron chi connectivity index (χ2n) is 6.82. The molecule has 3 rings (SSSR count). The van der Waals surface area contributed by atoms with E-state index in [1.165, 1.54) is 17.5 Å². The van der Waals surface area contributed by atoms with Crippen molar-refractivity contribution in [2.45, 2.75) is 56.8 Å². The van der Waals surface area contributed by atoms with Gasteiger partial charge in [-0.3, -0.25) is 4.90 Å². The maximum Gasteiger partial charge on any atom is 0.414 e. The van der Waals surface area contributed by atoms with E-state index in [0.717, 1.165) is 19.3 Å². The molecule has 5 heteroatoms. The fourth-order valence-electron chi connectivity index (χ4n) is 4.09. The van der Waals surface area contributed by atoms with Gasteiger partial charge in [0, 0.05) is 6.04 Å². The summed E-state index contributed by atoms with van der Waals surface area (Å²) in [4.78, 5) is 2.32. The second-order valence-corrected chi connectivity index (χ2v) is 6.82. The van der Waals surface area contributed by atoms with Crippen LogP contribution in [0.5, 0.6) is 0 Å². The minimum Gasteiger partial charge on any atom is -0.383 e. The Balaban J connectivity index is 1.68. The fraction of sp³-hybridized carbons (Fsp3) is 0.667. The Hall–Kier alpha value is -1.07. The first-order valence-corrected chi connectivity index (χ1v) is 8.53. The average molecular weight is 327 g/mol. The maximum absolute atomic E-state index is 12.7. The van der Waals surface area contributed by atoms with Gasteiger partial charge < -0.3 is 5.11 Å². The molecule has 2 nitrogen and oxygen atoms in total. The molecule has 2 unspecified atom stereocenters. The van der Waals surface area contributed by atoms with E-state index in [1.54, 1.807) is 0 Å². The molecule has 1 saturated heterocycles. The lowest BCUT2D eigenvalue weighted by Crippen LogP contribution is -2.44. The van der Waals surface area contributed by atoms with Crippen LogP contribution < -0.4 is 0 Å². The van der Waals surface area contributed by atoms with Crippen LogP contribution in [-0.4, -0.2) is 35.4 Å². The zero-order valence-corrected chi connectivity index (χ0v) is 13.2. The number of nitrogens with zero attached hydrogens (tertiary/aromatic N) is 1. The molecule has 0 aromatic heterocycles. The monoisotopic (exact) mass is 327 g/mol. The predicted octanol–water partition coefficient (Wildman–Crippen LogP) is 4.09. The van der Waals surface area contributed by atoms with E-state index in [4.69, 9.17) is 0 Å². The van der Waals surface area contributed by atoms with Crippen molar-refractivity contribution in [3.8, 4) is 0 Å². The molecule has 1 aliphatic heterocycles. The molecule has 1 heterocycles. The van der Waals surface area contributed by atoms with Gasteiger partial charge in [-0.25, -0.2) is 0 Å². The SMILES string of the molecule is OC(C1CCN(C2CCCCc3ccccc32)CC1)C(F)(F)F. The second kappa shape index (κ2) is 6.81. The van der Waals surface area contributed by atoms with Gasteiger partial charge in [-0.05, 0) is 62.2 Å². The minimum absolute atomic E-state index is 0.317. The summed E-state index contributed by atoms with van der Waals surface area (Å²) >= 11 is 0. The van der Waals surface area contributed by atoms with E-state index < -0.39 is 18.2 Å². The predicted molar refractivity (Wildman–Crippen MR) is 83.1 cm³/mol. The molecule has 1 N–H and O–H groups in total. The topological polar surface area (TPSA) is 23.5 Å². The Morgan fingerprint density at radius 1 is 1.04 bits per heavy atom. The van der Waals surface area contributed by atoms with Crippen molar-refractivity contribution in [1.29, 1.82) is 0 Å². The van der Waals surface area contributed by atoms with Crippen LogP contribution in [-0.2, 0) is 6.42 Å². The first-order chi connectivity index (χ1) is 11.0. The normalized spacial score (nSPS) is 25.7. The average Bonchev–Trinajstić information content (AvgIpc) is 2.76. The standard InChI is InChI=1S/C18H24F3NO/c19-18(20,21)17(23)14-9-11-22(12-10-14)16-8-4-2-6-13-5-1-3-7-15(13)16/h1,3,5,7,14,16-17,23H,2,4,6,8-12H2. The molecule has 0 saturated carbocycles. The van der Waals surface area contributed by atoms with Crippen LogP contribution in [0.2, 0.25) is 0 Å². The van der Waals surface area contributed by atoms with Crippen LogP contribution in [0.15, 0.2) is 24.3 Å². The highest BCUT2D eigenvalue weighted by Gasteiger charge is 2.44. The number of hydrogen-bond acceptors (Lipinski definition) is 2. The minimum atomic E-state index is -4.50.